The Bertz CT molecular complexity index is 593. The van der Waals surface area contributed by atoms with Gasteiger partial charge in [-0.15, -0.1) is 0 Å². The molecule has 0 amide bonds. The minimum Gasteiger partial charge on any atom is -0.438 e. The summed E-state index contributed by atoms with van der Waals surface area (Å²) in [5, 5.41) is 3.16. The summed E-state index contributed by atoms with van der Waals surface area (Å²) in [6.07, 6.45) is 2.02. The third-order valence-corrected chi connectivity index (χ3v) is 4.02. The van der Waals surface area contributed by atoms with Gasteiger partial charge in [0.2, 0.25) is 5.88 Å². The average molecular weight is 414 g/mol. The molecule has 0 saturated carbocycles. The highest BCUT2D eigenvalue weighted by Gasteiger charge is 2.07. The molecule has 0 radical (unpaired) electrons. The van der Waals surface area contributed by atoms with Crippen molar-refractivity contribution in [3.63, 3.8) is 0 Å². The van der Waals surface area contributed by atoms with Crippen LogP contribution < -0.4 is 10.1 Å². The third-order valence-electron chi connectivity index (χ3n) is 2.91. The van der Waals surface area contributed by atoms with Crippen molar-refractivity contribution < 1.29 is 4.74 Å². The maximum Gasteiger partial charge on any atom is 0.219 e. The van der Waals surface area contributed by atoms with Crippen molar-refractivity contribution in [1.29, 1.82) is 0 Å². The van der Waals surface area contributed by atoms with Crippen LogP contribution >= 0.6 is 31.9 Å². The van der Waals surface area contributed by atoms with Gasteiger partial charge in [0.1, 0.15) is 5.75 Å². The lowest BCUT2D eigenvalue weighted by Crippen LogP contribution is -2.06. The van der Waals surface area contributed by atoms with Gasteiger partial charge in [0.15, 0.2) is 0 Å². The lowest BCUT2D eigenvalue weighted by Gasteiger charge is -2.11. The molecule has 2 rings (SSSR count). The highest BCUT2D eigenvalue weighted by Crippen LogP contribution is 2.31. The molecule has 1 N–H and O–H groups in total. The van der Waals surface area contributed by atoms with Crippen LogP contribution in [0.1, 0.15) is 24.6 Å². The Balaban J connectivity index is 2.29. The molecule has 2 aromatic rings. The van der Waals surface area contributed by atoms with Crippen LogP contribution in [0.15, 0.2) is 39.3 Å². The quantitative estimate of drug-likeness (QED) is 0.717. The van der Waals surface area contributed by atoms with Gasteiger partial charge >= 0.3 is 0 Å². The Hall–Kier alpha value is -0.910. The summed E-state index contributed by atoms with van der Waals surface area (Å²) in [7, 11) is 1.94. The first-order chi connectivity index (χ1) is 10.1. The first kappa shape index (κ1) is 16.5. The number of aryl methyl sites for hydroxylation is 1. The molecule has 0 saturated heterocycles. The summed E-state index contributed by atoms with van der Waals surface area (Å²) in [5.74, 6) is 1.39. The molecule has 1 heterocycles. The normalized spacial score (nSPS) is 10.7. The minimum absolute atomic E-state index is 0.634. The molecule has 0 bridgehead atoms. The van der Waals surface area contributed by atoms with Crippen LogP contribution in [-0.2, 0) is 13.0 Å². The van der Waals surface area contributed by atoms with Crippen molar-refractivity contribution in [2.45, 2.75) is 26.3 Å². The molecule has 1 aromatic carbocycles. The second-order valence-corrected chi connectivity index (χ2v) is 6.53. The molecule has 0 unspecified atom stereocenters. The molecule has 0 spiro atoms. The van der Waals surface area contributed by atoms with Crippen LogP contribution in [0.3, 0.4) is 0 Å². The summed E-state index contributed by atoms with van der Waals surface area (Å²) < 4.78 is 7.83. The number of ether oxygens (including phenoxy) is 1. The smallest absolute Gasteiger partial charge is 0.219 e. The van der Waals surface area contributed by atoms with Gasteiger partial charge in [-0.25, -0.2) is 4.98 Å². The van der Waals surface area contributed by atoms with E-state index in [1.807, 2.05) is 31.3 Å². The monoisotopic (exact) mass is 412 g/mol. The number of rotatable bonds is 6. The molecule has 0 atom stereocenters. The number of benzene rings is 1. The van der Waals surface area contributed by atoms with Crippen LogP contribution in [0.25, 0.3) is 0 Å². The van der Waals surface area contributed by atoms with Gasteiger partial charge in [-0.05, 0) is 59.2 Å². The zero-order chi connectivity index (χ0) is 15.2. The van der Waals surface area contributed by atoms with E-state index in [9.17, 15) is 0 Å². The first-order valence-electron chi connectivity index (χ1n) is 6.89. The van der Waals surface area contributed by atoms with E-state index in [-0.39, 0.29) is 0 Å². The number of nitrogens with one attached hydrogen (secondary N) is 1. The van der Waals surface area contributed by atoms with Crippen LogP contribution in [-0.4, -0.2) is 12.0 Å². The number of nitrogens with zero attached hydrogens (tertiary/aromatic N) is 1. The van der Waals surface area contributed by atoms with E-state index in [4.69, 9.17) is 4.74 Å². The lowest BCUT2D eigenvalue weighted by atomic mass is 10.1. The highest BCUT2D eigenvalue weighted by atomic mass is 79.9. The second kappa shape index (κ2) is 7.92. The van der Waals surface area contributed by atoms with Crippen LogP contribution in [0.5, 0.6) is 11.6 Å². The average Bonchev–Trinajstić information content (AvgIpc) is 2.42. The minimum atomic E-state index is 0.634. The first-order valence-corrected chi connectivity index (χ1v) is 8.48. The van der Waals surface area contributed by atoms with E-state index in [0.717, 1.165) is 39.8 Å². The van der Waals surface area contributed by atoms with Crippen molar-refractivity contribution in [3.05, 3.63) is 50.5 Å². The predicted molar refractivity (Wildman–Crippen MR) is 92.9 cm³/mol. The van der Waals surface area contributed by atoms with Gasteiger partial charge in [0.05, 0.1) is 4.47 Å². The number of hydrogen-bond donors (Lipinski definition) is 1. The predicted octanol–water partition coefficient (Wildman–Crippen LogP) is 5.07. The van der Waals surface area contributed by atoms with Crippen molar-refractivity contribution in [2.24, 2.45) is 0 Å². The van der Waals surface area contributed by atoms with Gasteiger partial charge in [0, 0.05) is 22.8 Å². The van der Waals surface area contributed by atoms with E-state index in [1.54, 1.807) is 0 Å². The maximum absolute atomic E-state index is 5.93. The molecular weight excluding hydrogens is 396 g/mol. The number of halogens is 2. The van der Waals surface area contributed by atoms with Gasteiger partial charge < -0.3 is 10.1 Å². The Labute approximate surface area is 142 Å². The van der Waals surface area contributed by atoms with E-state index in [0.29, 0.717) is 5.88 Å². The molecule has 112 valence electrons. The number of pyridine rings is 1. The van der Waals surface area contributed by atoms with Crippen LogP contribution in [0.4, 0.5) is 0 Å². The van der Waals surface area contributed by atoms with Gasteiger partial charge in [0.25, 0.3) is 0 Å². The van der Waals surface area contributed by atoms with Crippen molar-refractivity contribution in [3.8, 4) is 11.6 Å². The fourth-order valence-corrected chi connectivity index (χ4v) is 3.16. The van der Waals surface area contributed by atoms with E-state index >= 15 is 0 Å². The molecule has 0 fully saturated rings. The lowest BCUT2D eigenvalue weighted by molar-refractivity contribution is 0.456. The Morgan fingerprint density at radius 1 is 1.19 bits per heavy atom. The topological polar surface area (TPSA) is 34.1 Å². The summed E-state index contributed by atoms with van der Waals surface area (Å²) in [4.78, 5) is 4.58. The molecule has 1 aromatic heterocycles. The van der Waals surface area contributed by atoms with Crippen molar-refractivity contribution in [1.82, 2.24) is 10.3 Å². The standard InChI is InChI=1S/C16H18Br2N2O/c1-3-4-13-7-11(10-19-2)8-16(20-13)21-15-6-5-12(17)9-14(15)18/h5-9,19H,3-4,10H2,1-2H3. The van der Waals surface area contributed by atoms with Gasteiger partial charge in [-0.2, -0.15) is 0 Å². The molecule has 0 aliphatic heterocycles. The highest BCUT2D eigenvalue weighted by molar-refractivity contribution is 9.11. The molecular formula is C16H18Br2N2O. The van der Waals surface area contributed by atoms with Crippen LogP contribution in [0, 0.1) is 0 Å². The van der Waals surface area contributed by atoms with E-state index in [1.165, 1.54) is 5.56 Å². The third kappa shape index (κ3) is 4.80. The van der Waals surface area contributed by atoms with Gasteiger partial charge in [-0.3, -0.25) is 0 Å². The zero-order valence-corrected chi connectivity index (χ0v) is 15.3. The SMILES string of the molecule is CCCc1cc(CNC)cc(Oc2ccc(Br)cc2Br)n1. The summed E-state index contributed by atoms with van der Waals surface area (Å²) in [5.41, 5.74) is 2.24. The Kier molecular flexibility index (Phi) is 6.21. The molecule has 5 heteroatoms. The molecule has 21 heavy (non-hydrogen) atoms. The second-order valence-electron chi connectivity index (χ2n) is 4.76. The maximum atomic E-state index is 5.93. The Morgan fingerprint density at radius 2 is 2.00 bits per heavy atom. The summed E-state index contributed by atoms with van der Waals surface area (Å²) in [6.45, 7) is 2.95. The van der Waals surface area contributed by atoms with Crippen molar-refractivity contribution in [2.75, 3.05) is 7.05 Å². The van der Waals surface area contributed by atoms with Crippen molar-refractivity contribution >= 4 is 31.9 Å². The van der Waals surface area contributed by atoms with Gasteiger partial charge in [-0.1, -0.05) is 29.3 Å². The largest absolute Gasteiger partial charge is 0.438 e. The fourth-order valence-electron chi connectivity index (χ4n) is 2.03. The summed E-state index contributed by atoms with van der Waals surface area (Å²) in [6, 6.07) is 9.93. The fraction of sp³-hybridized carbons (Fsp3) is 0.312. The van der Waals surface area contributed by atoms with Crippen LogP contribution in [0.2, 0.25) is 0 Å². The molecule has 0 aliphatic carbocycles. The molecule has 3 nitrogen and oxygen atoms in total. The number of aromatic nitrogens is 1. The van der Waals surface area contributed by atoms with E-state index in [2.05, 4.69) is 55.2 Å². The molecule has 0 aliphatic rings. The zero-order valence-electron chi connectivity index (χ0n) is 12.1. The summed E-state index contributed by atoms with van der Waals surface area (Å²) >= 11 is 6.94. The van der Waals surface area contributed by atoms with E-state index < -0.39 is 0 Å². The Morgan fingerprint density at radius 3 is 2.67 bits per heavy atom. The number of hydrogen-bond acceptors (Lipinski definition) is 3.